The number of amides is 1. The van der Waals surface area contributed by atoms with Crippen molar-refractivity contribution in [3.8, 4) is 0 Å². The lowest BCUT2D eigenvalue weighted by Crippen LogP contribution is -2.29. The van der Waals surface area contributed by atoms with Crippen LogP contribution in [0.4, 0.5) is 0 Å². The molecule has 0 spiro atoms. The van der Waals surface area contributed by atoms with Crippen LogP contribution in [0.1, 0.15) is 34.7 Å². The average molecular weight is 398 g/mol. The molecule has 0 bridgehead atoms. The largest absolute Gasteiger partial charge is 0.345 e. The average Bonchev–Trinajstić information content (AvgIpc) is 2.68. The molecule has 0 aromatic heterocycles. The van der Waals surface area contributed by atoms with Crippen LogP contribution < -0.4 is 5.32 Å². The second kappa shape index (κ2) is 9.07. The Morgan fingerprint density at radius 1 is 0.889 bits per heavy atom. The first-order valence-corrected chi connectivity index (χ1v) is 9.63. The predicted octanol–water partition coefficient (Wildman–Crippen LogP) is 6.14. The topological polar surface area (TPSA) is 29.1 Å². The first-order valence-electron chi connectivity index (χ1n) is 8.88. The first kappa shape index (κ1) is 19.5. The molecule has 1 N–H and O–H groups in total. The molecular formula is C23H21Cl2NO. The van der Waals surface area contributed by atoms with Gasteiger partial charge in [0.25, 0.3) is 0 Å². The maximum Gasteiger partial charge on any atom is 0.221 e. The zero-order valence-corrected chi connectivity index (χ0v) is 16.6. The quantitative estimate of drug-likeness (QED) is 0.531. The summed E-state index contributed by atoms with van der Waals surface area (Å²) in [5.41, 5.74) is 4.31. The van der Waals surface area contributed by atoms with Gasteiger partial charge in [0.05, 0.1) is 16.1 Å². The molecule has 0 aliphatic carbocycles. The molecule has 0 aliphatic heterocycles. The van der Waals surface area contributed by atoms with Crippen LogP contribution in [0.3, 0.4) is 0 Å². The Bertz CT molecular complexity index is 907. The van der Waals surface area contributed by atoms with Crippen molar-refractivity contribution in [2.75, 3.05) is 0 Å². The lowest BCUT2D eigenvalue weighted by atomic mass is 9.97. The molecule has 0 heterocycles. The van der Waals surface area contributed by atoms with Crippen molar-refractivity contribution in [1.82, 2.24) is 5.32 Å². The van der Waals surface area contributed by atoms with Crippen molar-refractivity contribution in [2.24, 2.45) is 0 Å². The molecule has 2 nitrogen and oxygen atoms in total. The number of rotatable bonds is 6. The van der Waals surface area contributed by atoms with E-state index in [4.69, 9.17) is 23.2 Å². The molecule has 3 rings (SSSR count). The molecule has 4 heteroatoms. The maximum atomic E-state index is 12.6. The SMILES string of the molecule is Cc1ccc([C@@H](NC(=O)CCc2ccc(Cl)c(Cl)c2)c2ccccc2)cc1. The summed E-state index contributed by atoms with van der Waals surface area (Å²) in [6.45, 7) is 2.05. The lowest BCUT2D eigenvalue weighted by molar-refractivity contribution is -0.121. The van der Waals surface area contributed by atoms with Crippen LogP contribution in [0.25, 0.3) is 0 Å². The summed E-state index contributed by atoms with van der Waals surface area (Å²) in [5.74, 6) is -0.00417. The normalized spacial score (nSPS) is 11.8. The number of hydrogen-bond acceptors (Lipinski definition) is 1. The van der Waals surface area contributed by atoms with Crippen LogP contribution in [-0.4, -0.2) is 5.91 Å². The minimum absolute atomic E-state index is 0.00417. The molecule has 0 saturated heterocycles. The van der Waals surface area contributed by atoms with Crippen molar-refractivity contribution in [3.63, 3.8) is 0 Å². The third kappa shape index (κ3) is 5.35. The first-order chi connectivity index (χ1) is 13.0. The summed E-state index contributed by atoms with van der Waals surface area (Å²) in [4.78, 5) is 12.6. The van der Waals surface area contributed by atoms with Crippen LogP contribution in [0.5, 0.6) is 0 Å². The third-order valence-electron chi connectivity index (χ3n) is 4.47. The van der Waals surface area contributed by atoms with Crippen molar-refractivity contribution in [1.29, 1.82) is 0 Å². The van der Waals surface area contributed by atoms with Gasteiger partial charge >= 0.3 is 0 Å². The van der Waals surface area contributed by atoms with E-state index in [0.29, 0.717) is 22.9 Å². The minimum Gasteiger partial charge on any atom is -0.345 e. The van der Waals surface area contributed by atoms with Gasteiger partial charge in [-0.2, -0.15) is 0 Å². The molecule has 1 amide bonds. The Balaban J connectivity index is 1.72. The van der Waals surface area contributed by atoms with Gasteiger partial charge in [0.15, 0.2) is 0 Å². The molecule has 27 heavy (non-hydrogen) atoms. The Morgan fingerprint density at radius 3 is 2.22 bits per heavy atom. The van der Waals surface area contributed by atoms with E-state index in [1.165, 1.54) is 5.56 Å². The number of benzene rings is 3. The van der Waals surface area contributed by atoms with E-state index >= 15 is 0 Å². The van der Waals surface area contributed by atoms with Gasteiger partial charge in [0.2, 0.25) is 5.91 Å². The van der Waals surface area contributed by atoms with Crippen molar-refractivity contribution in [3.05, 3.63) is 105 Å². The van der Waals surface area contributed by atoms with Crippen LogP contribution >= 0.6 is 23.2 Å². The van der Waals surface area contributed by atoms with Gasteiger partial charge in [-0.15, -0.1) is 0 Å². The fourth-order valence-corrected chi connectivity index (χ4v) is 3.27. The standard InChI is InChI=1S/C23H21Cl2NO/c1-16-7-11-19(12-8-16)23(18-5-3-2-4-6-18)26-22(27)14-10-17-9-13-20(24)21(25)15-17/h2-9,11-13,15,23H,10,14H2,1H3,(H,26,27)/t23-/m0/s1. The number of carbonyl (C=O) groups excluding carboxylic acids is 1. The van der Waals surface area contributed by atoms with E-state index < -0.39 is 0 Å². The zero-order valence-electron chi connectivity index (χ0n) is 15.1. The molecule has 3 aromatic carbocycles. The van der Waals surface area contributed by atoms with Crippen LogP contribution in [0.2, 0.25) is 10.0 Å². The molecular weight excluding hydrogens is 377 g/mol. The number of halogens is 2. The fourth-order valence-electron chi connectivity index (χ4n) is 2.95. The Morgan fingerprint density at radius 2 is 1.56 bits per heavy atom. The van der Waals surface area contributed by atoms with Gasteiger partial charge in [-0.05, 0) is 42.2 Å². The molecule has 3 aromatic rings. The lowest BCUT2D eigenvalue weighted by Gasteiger charge is -2.20. The summed E-state index contributed by atoms with van der Waals surface area (Å²) < 4.78 is 0. The van der Waals surface area contributed by atoms with Gasteiger partial charge in [0.1, 0.15) is 0 Å². The van der Waals surface area contributed by atoms with E-state index in [2.05, 4.69) is 36.5 Å². The Hall–Kier alpha value is -2.29. The van der Waals surface area contributed by atoms with Gasteiger partial charge in [0, 0.05) is 6.42 Å². The summed E-state index contributed by atoms with van der Waals surface area (Å²) >= 11 is 12.0. The van der Waals surface area contributed by atoms with Gasteiger partial charge in [-0.1, -0.05) is 89.4 Å². The van der Waals surface area contributed by atoms with Crippen molar-refractivity contribution < 1.29 is 4.79 Å². The van der Waals surface area contributed by atoms with E-state index in [1.807, 2.05) is 42.5 Å². The van der Waals surface area contributed by atoms with E-state index in [1.54, 1.807) is 6.07 Å². The summed E-state index contributed by atoms with van der Waals surface area (Å²) in [7, 11) is 0. The molecule has 0 saturated carbocycles. The summed E-state index contributed by atoms with van der Waals surface area (Å²) in [6.07, 6.45) is 0.991. The monoisotopic (exact) mass is 397 g/mol. The second-order valence-electron chi connectivity index (χ2n) is 6.57. The summed E-state index contributed by atoms with van der Waals surface area (Å²) in [6, 6.07) is 23.6. The Kier molecular flexibility index (Phi) is 6.54. The molecule has 0 unspecified atom stereocenters. The highest BCUT2D eigenvalue weighted by Crippen LogP contribution is 2.24. The van der Waals surface area contributed by atoms with Crippen LogP contribution in [0, 0.1) is 6.92 Å². The highest BCUT2D eigenvalue weighted by atomic mass is 35.5. The molecule has 138 valence electrons. The van der Waals surface area contributed by atoms with Gasteiger partial charge in [-0.3, -0.25) is 4.79 Å². The van der Waals surface area contributed by atoms with Crippen LogP contribution in [-0.2, 0) is 11.2 Å². The predicted molar refractivity (Wildman–Crippen MR) is 112 cm³/mol. The van der Waals surface area contributed by atoms with Crippen molar-refractivity contribution in [2.45, 2.75) is 25.8 Å². The third-order valence-corrected chi connectivity index (χ3v) is 5.21. The van der Waals surface area contributed by atoms with Gasteiger partial charge in [-0.25, -0.2) is 0 Å². The minimum atomic E-state index is -0.173. The second-order valence-corrected chi connectivity index (χ2v) is 7.38. The number of nitrogens with one attached hydrogen (secondary N) is 1. The molecule has 0 aliphatic rings. The van der Waals surface area contributed by atoms with E-state index in [-0.39, 0.29) is 11.9 Å². The van der Waals surface area contributed by atoms with E-state index in [9.17, 15) is 4.79 Å². The number of aryl methyl sites for hydroxylation is 2. The smallest absolute Gasteiger partial charge is 0.221 e. The molecule has 0 fully saturated rings. The molecule has 1 atom stereocenters. The maximum absolute atomic E-state index is 12.6. The van der Waals surface area contributed by atoms with Crippen molar-refractivity contribution >= 4 is 29.1 Å². The molecule has 0 radical (unpaired) electrons. The Labute approximate surface area is 170 Å². The highest BCUT2D eigenvalue weighted by molar-refractivity contribution is 6.42. The number of carbonyl (C=O) groups is 1. The summed E-state index contributed by atoms with van der Waals surface area (Å²) in [5, 5.41) is 4.20. The highest BCUT2D eigenvalue weighted by Gasteiger charge is 2.16. The number of hydrogen-bond donors (Lipinski definition) is 1. The fraction of sp³-hybridized carbons (Fsp3) is 0.174. The van der Waals surface area contributed by atoms with E-state index in [0.717, 1.165) is 16.7 Å². The van der Waals surface area contributed by atoms with Gasteiger partial charge < -0.3 is 5.32 Å². The van der Waals surface area contributed by atoms with Crippen LogP contribution in [0.15, 0.2) is 72.8 Å². The zero-order chi connectivity index (χ0) is 19.2.